The van der Waals surface area contributed by atoms with Gasteiger partial charge in [0, 0.05) is 22.6 Å². The maximum Gasteiger partial charge on any atom is 0.264 e. The molecule has 4 rings (SSSR count). The highest BCUT2D eigenvalue weighted by molar-refractivity contribution is 7.92. The summed E-state index contributed by atoms with van der Waals surface area (Å²) in [6, 6.07) is 19.1. The van der Waals surface area contributed by atoms with Crippen LogP contribution in [-0.2, 0) is 26.2 Å². The van der Waals surface area contributed by atoms with Crippen LogP contribution in [0.3, 0.4) is 0 Å². The summed E-state index contributed by atoms with van der Waals surface area (Å²) in [5.41, 5.74) is 1.78. The van der Waals surface area contributed by atoms with Gasteiger partial charge in [0.05, 0.1) is 10.6 Å². The molecule has 2 amide bonds. The Morgan fingerprint density at radius 2 is 1.62 bits per heavy atom. The van der Waals surface area contributed by atoms with E-state index in [0.29, 0.717) is 21.3 Å². The maximum absolute atomic E-state index is 14.0. The van der Waals surface area contributed by atoms with Crippen LogP contribution in [0.15, 0.2) is 77.7 Å². The lowest BCUT2D eigenvalue weighted by Gasteiger charge is -2.33. The molecule has 0 saturated heterocycles. The minimum Gasteiger partial charge on any atom is -0.352 e. The second-order valence-electron chi connectivity index (χ2n) is 10.1. The number of hydrogen-bond acceptors (Lipinski definition) is 4. The van der Waals surface area contributed by atoms with E-state index in [1.54, 1.807) is 56.3 Å². The predicted octanol–water partition coefficient (Wildman–Crippen LogP) is 5.97. The van der Waals surface area contributed by atoms with Gasteiger partial charge < -0.3 is 10.2 Å². The normalized spacial score (nSPS) is 14.5. The molecule has 3 aromatic carbocycles. The van der Waals surface area contributed by atoms with E-state index in [1.807, 2.05) is 6.07 Å². The number of nitrogens with zero attached hydrogens (tertiary/aromatic N) is 2. The lowest BCUT2D eigenvalue weighted by atomic mass is 10.1. The lowest BCUT2D eigenvalue weighted by Crippen LogP contribution is -2.52. The topological polar surface area (TPSA) is 86.8 Å². The highest BCUT2D eigenvalue weighted by Gasteiger charge is 2.33. The van der Waals surface area contributed by atoms with Crippen molar-refractivity contribution in [2.75, 3.05) is 10.8 Å². The molecular weight excluding hydrogens is 569 g/mol. The summed E-state index contributed by atoms with van der Waals surface area (Å²) in [4.78, 5) is 28.7. The number of amides is 2. The van der Waals surface area contributed by atoms with Gasteiger partial charge in [-0.3, -0.25) is 13.9 Å². The van der Waals surface area contributed by atoms with Crippen LogP contribution >= 0.6 is 23.2 Å². The monoisotopic (exact) mass is 601 g/mol. The Morgan fingerprint density at radius 3 is 2.27 bits per heavy atom. The predicted molar refractivity (Wildman–Crippen MR) is 159 cm³/mol. The fraction of sp³-hybridized carbons (Fsp3) is 0.333. The van der Waals surface area contributed by atoms with Crippen LogP contribution in [-0.4, -0.2) is 43.8 Å². The van der Waals surface area contributed by atoms with Crippen molar-refractivity contribution >= 4 is 50.7 Å². The minimum absolute atomic E-state index is 0.00127. The lowest BCUT2D eigenvalue weighted by molar-refractivity contribution is -0.139. The number of hydrogen-bond donors (Lipinski definition) is 1. The molecule has 1 N–H and O–H groups in total. The van der Waals surface area contributed by atoms with Gasteiger partial charge in [-0.15, -0.1) is 0 Å². The second-order valence-corrected chi connectivity index (χ2v) is 12.8. The number of benzene rings is 3. The molecule has 0 aliphatic heterocycles. The summed E-state index contributed by atoms with van der Waals surface area (Å²) in [6.45, 7) is 3.03. The highest BCUT2D eigenvalue weighted by atomic mass is 35.5. The Kier molecular flexibility index (Phi) is 9.77. The van der Waals surface area contributed by atoms with Gasteiger partial charge in [0.25, 0.3) is 10.0 Å². The van der Waals surface area contributed by atoms with Crippen LogP contribution in [0.5, 0.6) is 0 Å². The Hall–Kier alpha value is -3.07. The van der Waals surface area contributed by atoms with Crippen LogP contribution in [0.4, 0.5) is 5.69 Å². The minimum atomic E-state index is -4.16. The van der Waals surface area contributed by atoms with Gasteiger partial charge in [-0.1, -0.05) is 66.4 Å². The molecule has 0 aromatic heterocycles. The Labute approximate surface area is 246 Å². The Balaban J connectivity index is 1.69. The van der Waals surface area contributed by atoms with Crippen molar-refractivity contribution in [2.45, 2.75) is 63.1 Å². The van der Waals surface area contributed by atoms with Gasteiger partial charge >= 0.3 is 0 Å². The van der Waals surface area contributed by atoms with Crippen LogP contribution in [0, 0.1) is 6.92 Å². The second kappa shape index (κ2) is 13.1. The first-order valence-electron chi connectivity index (χ1n) is 13.2. The van der Waals surface area contributed by atoms with Gasteiger partial charge in [-0.05, 0) is 80.3 Å². The Morgan fingerprint density at radius 1 is 0.950 bits per heavy atom. The molecule has 1 aliphatic carbocycles. The largest absolute Gasteiger partial charge is 0.352 e. The molecule has 0 bridgehead atoms. The molecule has 3 aromatic rings. The zero-order valence-electron chi connectivity index (χ0n) is 22.5. The summed E-state index contributed by atoms with van der Waals surface area (Å²) in [6.07, 6.45) is 3.92. The van der Waals surface area contributed by atoms with Crippen molar-refractivity contribution in [3.63, 3.8) is 0 Å². The van der Waals surface area contributed by atoms with Gasteiger partial charge in [-0.25, -0.2) is 8.42 Å². The smallest absolute Gasteiger partial charge is 0.264 e. The third kappa shape index (κ3) is 7.16. The number of sulfonamides is 1. The SMILES string of the molecule is Cc1ccccc1N(CC(=O)N(Cc1cccc(Cl)c1)[C@H](C)C(=O)NC1CCCC1)S(=O)(=O)c1ccc(Cl)cc1. The summed E-state index contributed by atoms with van der Waals surface area (Å²) < 4.78 is 28.9. The van der Waals surface area contributed by atoms with Crippen LogP contribution in [0.25, 0.3) is 0 Å². The number of aryl methyl sites for hydroxylation is 1. The highest BCUT2D eigenvalue weighted by Crippen LogP contribution is 2.28. The van der Waals surface area contributed by atoms with Crippen LogP contribution in [0.1, 0.15) is 43.7 Å². The molecule has 7 nitrogen and oxygen atoms in total. The van der Waals surface area contributed by atoms with E-state index in [-0.39, 0.29) is 23.4 Å². The van der Waals surface area contributed by atoms with E-state index in [2.05, 4.69) is 5.32 Å². The van der Waals surface area contributed by atoms with Crippen molar-refractivity contribution in [3.8, 4) is 0 Å². The number of anilines is 1. The first-order valence-corrected chi connectivity index (χ1v) is 15.4. The van der Waals surface area contributed by atoms with Gasteiger partial charge in [0.2, 0.25) is 11.8 Å². The van der Waals surface area contributed by atoms with E-state index in [1.165, 1.54) is 29.2 Å². The molecule has 0 spiro atoms. The molecule has 212 valence electrons. The number of carbonyl (C=O) groups excluding carboxylic acids is 2. The first-order chi connectivity index (χ1) is 19.1. The van der Waals surface area contributed by atoms with Gasteiger partial charge in [-0.2, -0.15) is 0 Å². The van der Waals surface area contributed by atoms with E-state index in [9.17, 15) is 18.0 Å². The summed E-state index contributed by atoms with van der Waals surface area (Å²) in [7, 11) is -4.16. The molecule has 0 heterocycles. The average molecular weight is 603 g/mol. The molecule has 0 unspecified atom stereocenters. The summed E-state index contributed by atoms with van der Waals surface area (Å²) >= 11 is 12.2. The van der Waals surface area contributed by atoms with E-state index >= 15 is 0 Å². The maximum atomic E-state index is 14.0. The molecule has 1 aliphatic rings. The quantitative estimate of drug-likeness (QED) is 0.310. The van der Waals surface area contributed by atoms with Crippen molar-refractivity contribution in [3.05, 3.63) is 94.0 Å². The number of rotatable bonds is 10. The molecule has 1 saturated carbocycles. The number of carbonyl (C=O) groups is 2. The molecule has 1 fully saturated rings. The van der Waals surface area contributed by atoms with E-state index in [4.69, 9.17) is 23.2 Å². The summed E-state index contributed by atoms with van der Waals surface area (Å²) in [5, 5.41) is 3.96. The van der Waals surface area contributed by atoms with Crippen LogP contribution < -0.4 is 9.62 Å². The zero-order valence-corrected chi connectivity index (χ0v) is 24.8. The summed E-state index contributed by atoms with van der Waals surface area (Å²) in [5.74, 6) is -0.792. The van der Waals surface area contributed by atoms with Gasteiger partial charge in [0.15, 0.2) is 0 Å². The molecule has 0 radical (unpaired) electrons. The van der Waals surface area contributed by atoms with Crippen molar-refractivity contribution in [2.24, 2.45) is 0 Å². The number of nitrogens with one attached hydrogen (secondary N) is 1. The van der Waals surface area contributed by atoms with Crippen LogP contribution in [0.2, 0.25) is 10.0 Å². The molecule has 1 atom stereocenters. The zero-order chi connectivity index (χ0) is 28.9. The van der Waals surface area contributed by atoms with Crippen molar-refractivity contribution < 1.29 is 18.0 Å². The molecule has 40 heavy (non-hydrogen) atoms. The van der Waals surface area contributed by atoms with Crippen molar-refractivity contribution in [1.82, 2.24) is 10.2 Å². The number of halogens is 2. The molecule has 10 heteroatoms. The molecular formula is C30H33Cl2N3O4S. The fourth-order valence-electron chi connectivity index (χ4n) is 4.90. The van der Waals surface area contributed by atoms with E-state index in [0.717, 1.165) is 35.6 Å². The Bertz CT molecular complexity index is 1460. The fourth-order valence-corrected chi connectivity index (χ4v) is 6.71. The first kappa shape index (κ1) is 29.9. The number of para-hydroxylation sites is 1. The van der Waals surface area contributed by atoms with Gasteiger partial charge in [0.1, 0.15) is 12.6 Å². The van der Waals surface area contributed by atoms with E-state index < -0.39 is 28.5 Å². The third-order valence-corrected chi connectivity index (χ3v) is 9.44. The average Bonchev–Trinajstić information content (AvgIpc) is 3.43. The third-order valence-electron chi connectivity index (χ3n) is 7.18. The standard InChI is InChI=1S/C30H33Cl2N3O4S/c1-21-8-3-6-13-28(21)35(40(38,39)27-16-14-24(31)15-17-27)20-29(36)34(19-23-9-7-10-25(32)18-23)22(2)30(37)33-26-11-4-5-12-26/h3,6-10,13-18,22,26H,4-5,11-12,19-20H2,1-2H3,(H,33,37)/t22-/m1/s1. The van der Waals surface area contributed by atoms with Crippen molar-refractivity contribution in [1.29, 1.82) is 0 Å².